The van der Waals surface area contributed by atoms with Gasteiger partial charge in [0.1, 0.15) is 0 Å². The van der Waals surface area contributed by atoms with Crippen LogP contribution in [-0.2, 0) is 0 Å². The molecule has 3 atom stereocenters. The van der Waals surface area contributed by atoms with Gasteiger partial charge in [-0.05, 0) is 38.5 Å². The Morgan fingerprint density at radius 3 is 2.55 bits per heavy atom. The number of rotatable bonds is 0. The van der Waals surface area contributed by atoms with E-state index in [1.165, 1.54) is 18.6 Å². The van der Waals surface area contributed by atoms with Crippen LogP contribution < -0.4 is 0 Å². The van der Waals surface area contributed by atoms with Crippen LogP contribution in [0.5, 0.6) is 0 Å². The topological polar surface area (TPSA) is 12.4 Å². The zero-order valence-corrected chi connectivity index (χ0v) is 8.09. The first kappa shape index (κ1) is 8.76. The van der Waals surface area contributed by atoms with Crippen LogP contribution in [0.25, 0.3) is 0 Å². The highest BCUT2D eigenvalue weighted by atomic mass is 14.8. The van der Waals surface area contributed by atoms with Crippen LogP contribution in [0.1, 0.15) is 40.5 Å². The van der Waals surface area contributed by atoms with Gasteiger partial charge in [0.25, 0.3) is 0 Å². The van der Waals surface area contributed by atoms with E-state index in [4.69, 9.17) is 0 Å². The van der Waals surface area contributed by atoms with Gasteiger partial charge >= 0.3 is 0 Å². The summed E-state index contributed by atoms with van der Waals surface area (Å²) in [6.07, 6.45) is 2.54. The number of hydrogen-bond donors (Lipinski definition) is 0. The Kier molecular flexibility index (Phi) is 2.69. The van der Waals surface area contributed by atoms with Gasteiger partial charge in [-0.15, -0.1) is 0 Å². The van der Waals surface area contributed by atoms with Gasteiger partial charge in [0.2, 0.25) is 0 Å². The molecule has 0 saturated carbocycles. The van der Waals surface area contributed by atoms with Gasteiger partial charge in [-0.1, -0.05) is 13.8 Å². The highest BCUT2D eigenvalue weighted by Gasteiger charge is 2.18. The summed E-state index contributed by atoms with van der Waals surface area (Å²) >= 11 is 0. The zero-order chi connectivity index (χ0) is 8.43. The molecule has 1 rings (SSSR count). The summed E-state index contributed by atoms with van der Waals surface area (Å²) in [4.78, 5) is 4.62. The SMILES string of the molecule is CC1=NC(C)C(C)CC(C)C1. The standard InChI is InChI=1S/C10H19N/c1-7-5-8(2)10(4)11-9(3)6-7/h7-8,10H,5-6H2,1-4H3. The van der Waals surface area contributed by atoms with Crippen LogP contribution in [0.15, 0.2) is 4.99 Å². The molecular weight excluding hydrogens is 134 g/mol. The molecule has 0 aromatic carbocycles. The maximum absolute atomic E-state index is 4.62. The molecule has 0 spiro atoms. The Labute approximate surface area is 69.9 Å². The largest absolute Gasteiger partial charge is 0.291 e. The molecule has 1 aliphatic heterocycles. The first-order valence-corrected chi connectivity index (χ1v) is 4.63. The number of aliphatic imine (C=N–C) groups is 1. The van der Waals surface area contributed by atoms with Crippen molar-refractivity contribution < 1.29 is 0 Å². The third-order valence-corrected chi connectivity index (χ3v) is 2.67. The molecule has 1 heteroatoms. The van der Waals surface area contributed by atoms with Gasteiger partial charge in [0, 0.05) is 11.8 Å². The fourth-order valence-electron chi connectivity index (χ4n) is 1.95. The second-order valence-corrected chi connectivity index (χ2v) is 4.13. The van der Waals surface area contributed by atoms with Gasteiger partial charge in [-0.3, -0.25) is 4.99 Å². The van der Waals surface area contributed by atoms with Crippen LogP contribution in [-0.4, -0.2) is 11.8 Å². The minimum Gasteiger partial charge on any atom is -0.291 e. The summed E-state index contributed by atoms with van der Waals surface area (Å²) in [6.45, 7) is 9.02. The quantitative estimate of drug-likeness (QED) is 0.507. The number of hydrogen-bond acceptors (Lipinski definition) is 1. The maximum atomic E-state index is 4.62. The second-order valence-electron chi connectivity index (χ2n) is 4.13. The third kappa shape index (κ3) is 2.32. The highest BCUT2D eigenvalue weighted by Crippen LogP contribution is 2.24. The van der Waals surface area contributed by atoms with Crippen molar-refractivity contribution in [3.63, 3.8) is 0 Å². The molecule has 0 radical (unpaired) electrons. The second kappa shape index (κ2) is 3.38. The first-order chi connectivity index (χ1) is 5.09. The molecule has 0 amide bonds. The molecule has 3 unspecified atom stereocenters. The Bertz CT molecular complexity index is 160. The van der Waals surface area contributed by atoms with Crippen LogP contribution in [0.2, 0.25) is 0 Å². The maximum Gasteiger partial charge on any atom is 0.0496 e. The summed E-state index contributed by atoms with van der Waals surface area (Å²) in [5.41, 5.74) is 1.34. The van der Waals surface area contributed by atoms with Crippen molar-refractivity contribution >= 4 is 5.71 Å². The third-order valence-electron chi connectivity index (χ3n) is 2.67. The molecule has 1 heterocycles. The van der Waals surface area contributed by atoms with Gasteiger partial charge < -0.3 is 0 Å². The Balaban J connectivity index is 2.67. The highest BCUT2D eigenvalue weighted by molar-refractivity contribution is 5.82. The lowest BCUT2D eigenvalue weighted by Gasteiger charge is -2.15. The van der Waals surface area contributed by atoms with Crippen LogP contribution >= 0.6 is 0 Å². The molecule has 0 aliphatic carbocycles. The molecular formula is C10H19N. The van der Waals surface area contributed by atoms with Gasteiger partial charge in [-0.25, -0.2) is 0 Å². The predicted molar refractivity (Wildman–Crippen MR) is 50.1 cm³/mol. The molecule has 0 aromatic rings. The van der Waals surface area contributed by atoms with Crippen molar-refractivity contribution in [1.82, 2.24) is 0 Å². The van der Waals surface area contributed by atoms with Crippen molar-refractivity contribution in [3.05, 3.63) is 0 Å². The molecule has 11 heavy (non-hydrogen) atoms. The molecule has 64 valence electrons. The summed E-state index contributed by atoms with van der Waals surface area (Å²) in [7, 11) is 0. The van der Waals surface area contributed by atoms with Crippen LogP contribution in [0.3, 0.4) is 0 Å². The van der Waals surface area contributed by atoms with Gasteiger partial charge in [0.05, 0.1) is 0 Å². The predicted octanol–water partition coefficient (Wildman–Crippen LogP) is 2.90. The van der Waals surface area contributed by atoms with Crippen molar-refractivity contribution in [3.8, 4) is 0 Å². The molecule has 0 aromatic heterocycles. The van der Waals surface area contributed by atoms with E-state index in [1.54, 1.807) is 0 Å². The molecule has 0 bridgehead atoms. The van der Waals surface area contributed by atoms with Crippen LogP contribution in [0.4, 0.5) is 0 Å². The minimum absolute atomic E-state index is 0.542. The molecule has 0 saturated heterocycles. The van der Waals surface area contributed by atoms with E-state index in [2.05, 4.69) is 32.7 Å². The average molecular weight is 153 g/mol. The molecule has 0 fully saturated rings. The van der Waals surface area contributed by atoms with E-state index in [0.29, 0.717) is 6.04 Å². The van der Waals surface area contributed by atoms with Crippen molar-refractivity contribution in [2.75, 3.05) is 0 Å². The van der Waals surface area contributed by atoms with Crippen molar-refractivity contribution in [1.29, 1.82) is 0 Å². The van der Waals surface area contributed by atoms with Crippen molar-refractivity contribution in [2.24, 2.45) is 16.8 Å². The lowest BCUT2D eigenvalue weighted by Crippen LogP contribution is -2.11. The monoisotopic (exact) mass is 153 g/mol. The van der Waals surface area contributed by atoms with E-state index < -0.39 is 0 Å². The Morgan fingerprint density at radius 1 is 1.27 bits per heavy atom. The van der Waals surface area contributed by atoms with Gasteiger partial charge in [0.15, 0.2) is 0 Å². The lowest BCUT2D eigenvalue weighted by molar-refractivity contribution is 0.393. The van der Waals surface area contributed by atoms with E-state index >= 15 is 0 Å². The minimum atomic E-state index is 0.542. The molecule has 0 N–H and O–H groups in total. The van der Waals surface area contributed by atoms with E-state index in [9.17, 15) is 0 Å². The summed E-state index contributed by atoms with van der Waals surface area (Å²) in [5, 5.41) is 0. The zero-order valence-electron chi connectivity index (χ0n) is 8.09. The Morgan fingerprint density at radius 2 is 1.91 bits per heavy atom. The van der Waals surface area contributed by atoms with Crippen LogP contribution in [0, 0.1) is 11.8 Å². The average Bonchev–Trinajstić information content (AvgIpc) is 1.93. The summed E-state index contributed by atoms with van der Waals surface area (Å²) in [5.74, 6) is 1.60. The fourth-order valence-corrected chi connectivity index (χ4v) is 1.95. The Hall–Kier alpha value is -0.330. The lowest BCUT2D eigenvalue weighted by atomic mass is 9.92. The van der Waals surface area contributed by atoms with E-state index in [0.717, 1.165) is 11.8 Å². The number of nitrogens with zero attached hydrogens (tertiary/aromatic N) is 1. The first-order valence-electron chi connectivity index (χ1n) is 4.63. The van der Waals surface area contributed by atoms with Gasteiger partial charge in [-0.2, -0.15) is 0 Å². The smallest absolute Gasteiger partial charge is 0.0496 e. The molecule has 1 aliphatic rings. The molecule has 1 nitrogen and oxygen atoms in total. The van der Waals surface area contributed by atoms with E-state index in [-0.39, 0.29) is 0 Å². The van der Waals surface area contributed by atoms with Crippen molar-refractivity contribution in [2.45, 2.75) is 46.6 Å². The fraction of sp³-hybridized carbons (Fsp3) is 0.900. The summed E-state index contributed by atoms with van der Waals surface area (Å²) < 4.78 is 0. The summed E-state index contributed by atoms with van der Waals surface area (Å²) in [6, 6.07) is 0.542. The normalized spacial score (nSPS) is 39.6. The van der Waals surface area contributed by atoms with E-state index in [1.807, 2.05) is 0 Å².